The molecular weight excluding hydrogens is 548 g/mol. The summed E-state index contributed by atoms with van der Waals surface area (Å²) in [5.41, 5.74) is 1.12. The van der Waals surface area contributed by atoms with Crippen LogP contribution in [0.5, 0.6) is 0 Å². The quantitative estimate of drug-likeness (QED) is 0.110. The highest BCUT2D eigenvalue weighted by Crippen LogP contribution is 2.47. The van der Waals surface area contributed by atoms with Gasteiger partial charge in [0.25, 0.3) is 0 Å². The minimum Gasteiger partial charge on any atom is -0.447 e. The van der Waals surface area contributed by atoms with Crippen molar-refractivity contribution in [2.75, 3.05) is 46.6 Å². The monoisotopic (exact) mass is 608 g/mol. The predicted octanol–water partition coefficient (Wildman–Crippen LogP) is 5.92. The highest BCUT2D eigenvalue weighted by Gasteiger charge is 2.56. The van der Waals surface area contributed by atoms with Gasteiger partial charge in [0.2, 0.25) is 5.91 Å². The van der Waals surface area contributed by atoms with Crippen molar-refractivity contribution in [2.24, 2.45) is 17.8 Å². The Morgan fingerprint density at radius 3 is 2.49 bits per heavy atom. The number of rotatable bonds is 19. The van der Waals surface area contributed by atoms with E-state index >= 15 is 0 Å². The fraction of sp³-hybridized carbons (Fsp3) is 0.824. The molecule has 0 aromatic heterocycles. The van der Waals surface area contributed by atoms with Crippen molar-refractivity contribution in [2.45, 2.75) is 118 Å². The van der Waals surface area contributed by atoms with Crippen LogP contribution in [0.2, 0.25) is 0 Å². The standard InChI is InChI=1S/C34H60N2O7/c1-10-29(39-9)27(7)32-34(8,43-32)22-24(4)14-13-15-25(5)31-26(6)16-17-28(42-31)23-35-30(37)18-19-40-20-21-41-33(38)36(11-2)12-3/h13-15,24,26-29,31-32H,10-12,16-23H2,1-9H3,(H,35,37)/b14-13+,25-15+/t24-,26+,27-,28-,29+,31-,32-,34-/m1/s1. The highest BCUT2D eigenvalue weighted by atomic mass is 16.6. The molecule has 43 heavy (non-hydrogen) atoms. The van der Waals surface area contributed by atoms with Crippen LogP contribution in [0, 0.1) is 17.8 Å². The van der Waals surface area contributed by atoms with Crippen LogP contribution < -0.4 is 5.32 Å². The summed E-state index contributed by atoms with van der Waals surface area (Å²) >= 11 is 0. The smallest absolute Gasteiger partial charge is 0.409 e. The molecule has 248 valence electrons. The number of hydrogen-bond acceptors (Lipinski definition) is 7. The third-order valence-electron chi connectivity index (χ3n) is 8.96. The summed E-state index contributed by atoms with van der Waals surface area (Å²) in [5.74, 6) is 1.13. The second-order valence-electron chi connectivity index (χ2n) is 12.6. The molecule has 9 nitrogen and oxygen atoms in total. The lowest BCUT2D eigenvalue weighted by molar-refractivity contribution is -0.124. The Morgan fingerprint density at radius 2 is 1.84 bits per heavy atom. The topological polar surface area (TPSA) is 98.9 Å². The molecule has 2 fully saturated rings. The van der Waals surface area contributed by atoms with Crippen molar-refractivity contribution in [1.82, 2.24) is 10.2 Å². The van der Waals surface area contributed by atoms with E-state index in [1.54, 1.807) is 12.0 Å². The second-order valence-corrected chi connectivity index (χ2v) is 12.6. The van der Waals surface area contributed by atoms with Crippen LogP contribution in [0.15, 0.2) is 23.8 Å². The molecule has 2 amide bonds. The van der Waals surface area contributed by atoms with E-state index in [0.29, 0.717) is 37.4 Å². The number of nitrogens with zero attached hydrogens (tertiary/aromatic N) is 1. The van der Waals surface area contributed by atoms with Gasteiger partial charge >= 0.3 is 6.09 Å². The lowest BCUT2D eigenvalue weighted by Gasteiger charge is -2.35. The van der Waals surface area contributed by atoms with E-state index in [1.807, 2.05) is 13.8 Å². The second kappa shape index (κ2) is 18.8. The summed E-state index contributed by atoms with van der Waals surface area (Å²) in [6.07, 6.45) is 11.0. The number of carbonyl (C=O) groups excluding carboxylic acids is 2. The largest absolute Gasteiger partial charge is 0.447 e. The van der Waals surface area contributed by atoms with Crippen LogP contribution in [-0.4, -0.2) is 93.5 Å². The van der Waals surface area contributed by atoms with Crippen LogP contribution in [0.3, 0.4) is 0 Å². The summed E-state index contributed by atoms with van der Waals surface area (Å²) in [4.78, 5) is 25.7. The Labute approximate surface area is 261 Å². The molecule has 0 aromatic rings. The molecule has 2 saturated heterocycles. The van der Waals surface area contributed by atoms with Gasteiger partial charge in [-0.3, -0.25) is 4.79 Å². The first kappa shape index (κ1) is 37.2. The van der Waals surface area contributed by atoms with Crippen molar-refractivity contribution >= 4 is 12.0 Å². The summed E-state index contributed by atoms with van der Waals surface area (Å²) < 4.78 is 28.9. The Bertz CT molecular complexity index is 901. The number of allylic oxidation sites excluding steroid dienone is 3. The molecule has 1 N–H and O–H groups in total. The normalized spacial score (nSPS) is 27.9. The van der Waals surface area contributed by atoms with Crippen molar-refractivity contribution in [3.8, 4) is 0 Å². The minimum atomic E-state index is -0.341. The van der Waals surface area contributed by atoms with Gasteiger partial charge in [0.15, 0.2) is 0 Å². The summed E-state index contributed by atoms with van der Waals surface area (Å²) in [7, 11) is 1.79. The Balaban J connectivity index is 1.70. The fourth-order valence-electron chi connectivity index (χ4n) is 6.29. The van der Waals surface area contributed by atoms with Gasteiger partial charge in [-0.1, -0.05) is 45.9 Å². The van der Waals surface area contributed by atoms with Gasteiger partial charge in [0, 0.05) is 39.1 Å². The van der Waals surface area contributed by atoms with E-state index in [2.05, 4.69) is 65.1 Å². The van der Waals surface area contributed by atoms with E-state index in [1.165, 1.54) is 5.57 Å². The SMILES string of the molecule is CC[C@H](OC)[C@@H](C)[C@H]1O[C@]1(C)C[C@H](C)/C=C/C=C(\C)[C@H]1O[C@@H](CNC(=O)CCOCCOC(=O)N(CC)CC)CC[C@@H]1C. The molecule has 2 rings (SSSR count). The average Bonchev–Trinajstić information content (AvgIpc) is 3.65. The van der Waals surface area contributed by atoms with Crippen molar-refractivity contribution in [1.29, 1.82) is 0 Å². The molecular formula is C34H60N2O7. The number of epoxide rings is 1. The summed E-state index contributed by atoms with van der Waals surface area (Å²) in [5, 5.41) is 2.99. The van der Waals surface area contributed by atoms with Gasteiger partial charge in [-0.15, -0.1) is 0 Å². The zero-order chi connectivity index (χ0) is 32.0. The number of nitrogens with one attached hydrogen (secondary N) is 1. The highest BCUT2D eigenvalue weighted by molar-refractivity contribution is 5.75. The van der Waals surface area contributed by atoms with Crippen molar-refractivity contribution < 1.29 is 33.3 Å². The predicted molar refractivity (Wildman–Crippen MR) is 170 cm³/mol. The van der Waals surface area contributed by atoms with Crippen LogP contribution >= 0.6 is 0 Å². The molecule has 0 aromatic carbocycles. The maximum atomic E-state index is 12.3. The zero-order valence-electron chi connectivity index (χ0n) is 28.4. The van der Waals surface area contributed by atoms with Gasteiger partial charge in [0.1, 0.15) is 6.61 Å². The van der Waals surface area contributed by atoms with Gasteiger partial charge < -0.3 is 33.9 Å². The third-order valence-corrected chi connectivity index (χ3v) is 8.96. The molecule has 0 saturated carbocycles. The molecule has 0 spiro atoms. The first-order valence-electron chi connectivity index (χ1n) is 16.5. The maximum absolute atomic E-state index is 12.3. The molecule has 9 heteroatoms. The van der Waals surface area contributed by atoms with E-state index in [0.717, 1.165) is 25.7 Å². The number of ether oxygens (including phenoxy) is 5. The first-order chi connectivity index (χ1) is 20.5. The van der Waals surface area contributed by atoms with Crippen LogP contribution in [0.4, 0.5) is 4.79 Å². The number of amides is 2. The summed E-state index contributed by atoms with van der Waals surface area (Å²) in [6.45, 7) is 19.5. The molecule has 0 radical (unpaired) electrons. The lowest BCUT2D eigenvalue weighted by atomic mass is 9.86. The van der Waals surface area contributed by atoms with Crippen LogP contribution in [-0.2, 0) is 28.5 Å². The first-order valence-corrected chi connectivity index (χ1v) is 16.5. The molecule has 8 atom stereocenters. The van der Waals surface area contributed by atoms with Crippen molar-refractivity contribution in [3.63, 3.8) is 0 Å². The Hall–Kier alpha value is -1.94. The van der Waals surface area contributed by atoms with Crippen LogP contribution in [0.1, 0.15) is 87.5 Å². The Morgan fingerprint density at radius 1 is 1.12 bits per heavy atom. The number of hydrogen-bond donors (Lipinski definition) is 1. The molecule has 0 unspecified atom stereocenters. The van der Waals surface area contributed by atoms with E-state index in [4.69, 9.17) is 23.7 Å². The molecule has 0 bridgehead atoms. The van der Waals surface area contributed by atoms with Gasteiger partial charge in [-0.2, -0.15) is 0 Å². The van der Waals surface area contributed by atoms with E-state index in [-0.39, 0.29) is 68.3 Å². The number of carbonyl (C=O) groups is 2. The maximum Gasteiger partial charge on any atom is 0.409 e. The zero-order valence-corrected chi connectivity index (χ0v) is 28.4. The van der Waals surface area contributed by atoms with Gasteiger partial charge in [-0.05, 0) is 70.8 Å². The van der Waals surface area contributed by atoms with E-state index in [9.17, 15) is 9.59 Å². The van der Waals surface area contributed by atoms with Crippen molar-refractivity contribution in [3.05, 3.63) is 23.8 Å². The van der Waals surface area contributed by atoms with Crippen LogP contribution in [0.25, 0.3) is 0 Å². The summed E-state index contributed by atoms with van der Waals surface area (Å²) in [6, 6.07) is 0. The third kappa shape index (κ3) is 12.2. The molecule has 2 aliphatic rings. The molecule has 2 aliphatic heterocycles. The number of methoxy groups -OCH3 is 1. The van der Waals surface area contributed by atoms with Gasteiger partial charge in [-0.25, -0.2) is 4.79 Å². The fourth-order valence-corrected chi connectivity index (χ4v) is 6.29. The average molecular weight is 609 g/mol. The Kier molecular flexibility index (Phi) is 16.3. The van der Waals surface area contributed by atoms with E-state index < -0.39 is 0 Å². The van der Waals surface area contributed by atoms with Gasteiger partial charge in [0.05, 0.1) is 43.2 Å². The lowest BCUT2D eigenvalue weighted by Crippen LogP contribution is -2.41. The molecule has 2 heterocycles. The minimum absolute atomic E-state index is 0.0123. The molecule has 0 aliphatic carbocycles.